The molecule has 0 saturated carbocycles. The third-order valence-electron chi connectivity index (χ3n) is 3.36. The summed E-state index contributed by atoms with van der Waals surface area (Å²) in [6.07, 6.45) is 8.80. The van der Waals surface area contributed by atoms with Crippen molar-refractivity contribution in [1.29, 1.82) is 0 Å². The van der Waals surface area contributed by atoms with Crippen LogP contribution in [-0.4, -0.2) is 36.0 Å². The van der Waals surface area contributed by atoms with Crippen LogP contribution < -0.4 is 0 Å². The number of carbonyl (C=O) groups is 1. The van der Waals surface area contributed by atoms with Crippen molar-refractivity contribution < 1.29 is 4.79 Å². The number of fused-ring (bicyclic) bond motifs is 1. The summed E-state index contributed by atoms with van der Waals surface area (Å²) >= 11 is 0. The Morgan fingerprint density at radius 3 is 2.78 bits per heavy atom. The van der Waals surface area contributed by atoms with E-state index in [4.69, 9.17) is 0 Å². The number of rotatable bonds is 3. The monoisotopic (exact) mass is 302 g/mol. The van der Waals surface area contributed by atoms with Gasteiger partial charge in [-0.05, 0) is 18.2 Å². The molecular formula is C16H10N6O. The SMILES string of the molecule is O=Cc1cncc(-c2cc3c(cn2)cnn3-c2ccccn2)n1. The summed E-state index contributed by atoms with van der Waals surface area (Å²) in [6, 6.07) is 7.48. The normalized spacial score (nSPS) is 10.8. The van der Waals surface area contributed by atoms with Gasteiger partial charge in [0.25, 0.3) is 0 Å². The summed E-state index contributed by atoms with van der Waals surface area (Å²) in [5.74, 6) is 0.715. The molecule has 110 valence electrons. The molecule has 4 rings (SSSR count). The minimum atomic E-state index is 0.266. The van der Waals surface area contributed by atoms with E-state index < -0.39 is 0 Å². The van der Waals surface area contributed by atoms with Crippen LogP contribution in [0.15, 0.2) is 55.2 Å². The Bertz CT molecular complexity index is 996. The molecule has 7 nitrogen and oxygen atoms in total. The van der Waals surface area contributed by atoms with Crippen LogP contribution in [0.5, 0.6) is 0 Å². The molecule has 0 aromatic carbocycles. The fourth-order valence-corrected chi connectivity index (χ4v) is 2.28. The van der Waals surface area contributed by atoms with E-state index in [-0.39, 0.29) is 5.69 Å². The molecule has 0 radical (unpaired) electrons. The first-order valence-electron chi connectivity index (χ1n) is 6.88. The third-order valence-corrected chi connectivity index (χ3v) is 3.36. The summed E-state index contributed by atoms with van der Waals surface area (Å²) in [7, 11) is 0. The van der Waals surface area contributed by atoms with E-state index in [2.05, 4.69) is 25.0 Å². The fraction of sp³-hybridized carbons (Fsp3) is 0. The van der Waals surface area contributed by atoms with Crippen molar-refractivity contribution in [2.45, 2.75) is 0 Å². The molecule has 23 heavy (non-hydrogen) atoms. The summed E-state index contributed by atoms with van der Waals surface area (Å²) in [6.45, 7) is 0. The lowest BCUT2D eigenvalue weighted by Crippen LogP contribution is -1.99. The predicted molar refractivity (Wildman–Crippen MR) is 83.1 cm³/mol. The van der Waals surface area contributed by atoms with Crippen molar-refractivity contribution in [3.8, 4) is 17.2 Å². The van der Waals surface area contributed by atoms with Gasteiger partial charge in [0.2, 0.25) is 0 Å². The maximum absolute atomic E-state index is 10.9. The molecular weight excluding hydrogens is 292 g/mol. The van der Waals surface area contributed by atoms with Crippen molar-refractivity contribution in [2.24, 2.45) is 0 Å². The van der Waals surface area contributed by atoms with Gasteiger partial charge in [-0.25, -0.2) is 14.6 Å². The van der Waals surface area contributed by atoms with Crippen LogP contribution in [0.2, 0.25) is 0 Å². The molecule has 0 amide bonds. The van der Waals surface area contributed by atoms with E-state index in [9.17, 15) is 4.79 Å². The maximum Gasteiger partial charge on any atom is 0.170 e. The van der Waals surface area contributed by atoms with Crippen LogP contribution in [0.25, 0.3) is 28.1 Å². The number of nitrogens with zero attached hydrogens (tertiary/aromatic N) is 6. The van der Waals surface area contributed by atoms with Crippen LogP contribution in [-0.2, 0) is 0 Å². The van der Waals surface area contributed by atoms with E-state index in [1.165, 1.54) is 6.20 Å². The highest BCUT2D eigenvalue weighted by Crippen LogP contribution is 2.21. The molecule has 4 heterocycles. The van der Waals surface area contributed by atoms with Crippen molar-refractivity contribution in [1.82, 2.24) is 29.7 Å². The number of hydrogen-bond donors (Lipinski definition) is 0. The van der Waals surface area contributed by atoms with Gasteiger partial charge >= 0.3 is 0 Å². The standard InChI is InChI=1S/C16H10N6O/c23-10-12-8-17-9-14(21-12)13-5-15-11(6-19-13)7-20-22(15)16-3-1-2-4-18-16/h1-10H. The summed E-state index contributed by atoms with van der Waals surface area (Å²) < 4.78 is 1.73. The summed E-state index contributed by atoms with van der Waals surface area (Å²) in [5, 5.41) is 5.24. The first-order chi connectivity index (χ1) is 11.3. The smallest absolute Gasteiger partial charge is 0.170 e. The van der Waals surface area contributed by atoms with Crippen LogP contribution in [0, 0.1) is 0 Å². The Morgan fingerprint density at radius 1 is 1.00 bits per heavy atom. The number of pyridine rings is 2. The molecule has 0 spiro atoms. The molecule has 4 aromatic heterocycles. The molecule has 0 aliphatic rings. The van der Waals surface area contributed by atoms with Gasteiger partial charge < -0.3 is 0 Å². The molecule has 7 heteroatoms. The lowest BCUT2D eigenvalue weighted by molar-refractivity contribution is 0.111. The first kappa shape index (κ1) is 13.2. The van der Waals surface area contributed by atoms with Crippen LogP contribution in [0.4, 0.5) is 0 Å². The zero-order chi connectivity index (χ0) is 15.6. The molecule has 0 unspecified atom stereocenters. The molecule has 0 fully saturated rings. The molecule has 0 N–H and O–H groups in total. The quantitative estimate of drug-likeness (QED) is 0.539. The number of carbonyl (C=O) groups excluding carboxylic acids is 1. The number of aromatic nitrogens is 6. The second-order valence-electron chi connectivity index (χ2n) is 4.82. The zero-order valence-corrected chi connectivity index (χ0v) is 11.9. The van der Waals surface area contributed by atoms with E-state index in [1.807, 2.05) is 24.3 Å². The highest BCUT2D eigenvalue weighted by atomic mass is 16.1. The van der Waals surface area contributed by atoms with Gasteiger partial charge in [0, 0.05) is 17.8 Å². The minimum Gasteiger partial charge on any atom is -0.296 e. The average molecular weight is 302 g/mol. The van der Waals surface area contributed by atoms with Gasteiger partial charge in [0.05, 0.1) is 29.8 Å². The Labute approximate surface area is 130 Å². The van der Waals surface area contributed by atoms with Gasteiger partial charge in [0.1, 0.15) is 11.4 Å². The van der Waals surface area contributed by atoms with Gasteiger partial charge in [-0.3, -0.25) is 14.8 Å². The van der Waals surface area contributed by atoms with Crippen LogP contribution >= 0.6 is 0 Å². The Kier molecular flexibility index (Phi) is 3.09. The van der Waals surface area contributed by atoms with Crippen LogP contribution in [0.3, 0.4) is 0 Å². The van der Waals surface area contributed by atoms with Gasteiger partial charge in [0.15, 0.2) is 12.1 Å². The number of aldehydes is 1. The average Bonchev–Trinajstić information content (AvgIpc) is 3.05. The predicted octanol–water partition coefficient (Wildman–Crippen LogP) is 2.08. The lowest BCUT2D eigenvalue weighted by Gasteiger charge is -2.04. The van der Waals surface area contributed by atoms with Crippen molar-refractivity contribution in [2.75, 3.05) is 0 Å². The van der Waals surface area contributed by atoms with Gasteiger partial charge in [-0.15, -0.1) is 0 Å². The zero-order valence-electron chi connectivity index (χ0n) is 11.9. The van der Waals surface area contributed by atoms with Gasteiger partial charge in [-0.1, -0.05) is 6.07 Å². The second kappa shape index (κ2) is 5.38. The van der Waals surface area contributed by atoms with Crippen LogP contribution in [0.1, 0.15) is 10.5 Å². The molecule has 0 aliphatic carbocycles. The fourth-order valence-electron chi connectivity index (χ4n) is 2.28. The highest BCUT2D eigenvalue weighted by Gasteiger charge is 2.10. The molecule has 4 aromatic rings. The Hall–Kier alpha value is -3.48. The van der Waals surface area contributed by atoms with Gasteiger partial charge in [-0.2, -0.15) is 5.10 Å². The van der Waals surface area contributed by atoms with E-state index >= 15 is 0 Å². The molecule has 0 saturated heterocycles. The highest BCUT2D eigenvalue weighted by molar-refractivity contribution is 5.82. The second-order valence-corrected chi connectivity index (χ2v) is 4.82. The summed E-state index contributed by atoms with van der Waals surface area (Å²) in [5.41, 5.74) is 2.27. The molecule has 0 atom stereocenters. The van der Waals surface area contributed by atoms with Crippen molar-refractivity contribution in [3.63, 3.8) is 0 Å². The van der Waals surface area contributed by atoms with Crippen molar-refractivity contribution >= 4 is 17.2 Å². The minimum absolute atomic E-state index is 0.266. The molecule has 0 bridgehead atoms. The molecule has 0 aliphatic heterocycles. The van der Waals surface area contributed by atoms with E-state index in [0.29, 0.717) is 23.5 Å². The Morgan fingerprint density at radius 2 is 1.96 bits per heavy atom. The number of hydrogen-bond acceptors (Lipinski definition) is 6. The third kappa shape index (κ3) is 2.34. The lowest BCUT2D eigenvalue weighted by atomic mass is 10.2. The summed E-state index contributed by atoms with van der Waals surface area (Å²) in [4.78, 5) is 27.8. The topological polar surface area (TPSA) is 86.5 Å². The van der Waals surface area contributed by atoms with E-state index in [1.54, 1.807) is 29.5 Å². The largest absolute Gasteiger partial charge is 0.296 e. The maximum atomic E-state index is 10.9. The van der Waals surface area contributed by atoms with E-state index in [0.717, 1.165) is 10.9 Å². The first-order valence-corrected chi connectivity index (χ1v) is 6.88. The van der Waals surface area contributed by atoms with Crippen molar-refractivity contribution in [3.05, 3.63) is 60.9 Å². The Balaban J connectivity index is 1.88.